The van der Waals surface area contributed by atoms with E-state index in [1.807, 2.05) is 57.2 Å². The highest BCUT2D eigenvalue weighted by molar-refractivity contribution is 6.13. The van der Waals surface area contributed by atoms with Crippen LogP contribution in [0.2, 0.25) is 0 Å². The van der Waals surface area contributed by atoms with Crippen molar-refractivity contribution in [2.24, 2.45) is 0 Å². The van der Waals surface area contributed by atoms with E-state index >= 15 is 0 Å². The summed E-state index contributed by atoms with van der Waals surface area (Å²) in [5, 5.41) is 7.79. The Kier molecular flexibility index (Phi) is 5.79. The zero-order chi connectivity index (χ0) is 23.8. The Morgan fingerprint density at radius 2 is 1.71 bits per heavy atom. The number of nitrogens with one attached hydrogen (secondary N) is 1. The molecule has 0 bridgehead atoms. The first-order valence-electron chi connectivity index (χ1n) is 11.6. The molecule has 0 saturated carbocycles. The number of likely N-dealkylation sites (N-methyl/N-ethyl adjacent to an activating group) is 1. The first-order chi connectivity index (χ1) is 16.4. The predicted molar refractivity (Wildman–Crippen MR) is 136 cm³/mol. The Labute approximate surface area is 199 Å². The van der Waals surface area contributed by atoms with Crippen LogP contribution in [0.4, 0.5) is 11.4 Å². The molecule has 0 aliphatic carbocycles. The van der Waals surface area contributed by atoms with E-state index in [1.165, 1.54) is 5.69 Å². The monoisotopic (exact) mass is 455 g/mol. The van der Waals surface area contributed by atoms with Gasteiger partial charge in [0.1, 0.15) is 0 Å². The lowest BCUT2D eigenvalue weighted by molar-refractivity contribution is 0.102. The molecule has 2 aromatic carbocycles. The quantitative estimate of drug-likeness (QED) is 0.476. The fourth-order valence-electron chi connectivity index (χ4n) is 4.39. The maximum atomic E-state index is 13.5. The Morgan fingerprint density at radius 3 is 2.41 bits per heavy atom. The SMILES string of the molecule is Cc1ccc(-c2cc(C(=O)Nc3ccc(N4CCN(C)CC4)cc3C)c3c(C)noc3n2)cc1. The summed E-state index contributed by atoms with van der Waals surface area (Å²) in [4.78, 5) is 22.8. The second-order valence-corrected chi connectivity index (χ2v) is 9.11. The van der Waals surface area contributed by atoms with Crippen molar-refractivity contribution in [2.75, 3.05) is 43.4 Å². The number of piperazine rings is 1. The van der Waals surface area contributed by atoms with E-state index in [-0.39, 0.29) is 5.91 Å². The van der Waals surface area contributed by atoms with Crippen molar-refractivity contribution >= 4 is 28.4 Å². The molecule has 3 heterocycles. The minimum Gasteiger partial charge on any atom is -0.369 e. The number of hydrogen-bond acceptors (Lipinski definition) is 6. The van der Waals surface area contributed by atoms with Gasteiger partial charge in [-0.05, 0) is 57.6 Å². The zero-order valence-corrected chi connectivity index (χ0v) is 20.1. The number of pyridine rings is 1. The molecule has 0 atom stereocenters. The third-order valence-corrected chi connectivity index (χ3v) is 6.54. The highest BCUT2D eigenvalue weighted by Crippen LogP contribution is 2.29. The number of fused-ring (bicyclic) bond motifs is 1. The lowest BCUT2D eigenvalue weighted by Crippen LogP contribution is -2.44. The molecule has 0 radical (unpaired) electrons. The molecule has 0 unspecified atom stereocenters. The number of benzene rings is 2. The van der Waals surface area contributed by atoms with E-state index in [0.29, 0.717) is 28.1 Å². The maximum Gasteiger partial charge on any atom is 0.259 e. The summed E-state index contributed by atoms with van der Waals surface area (Å²) in [5.41, 5.74) is 7.27. The molecule has 174 valence electrons. The van der Waals surface area contributed by atoms with Crippen LogP contribution in [-0.2, 0) is 0 Å². The summed E-state index contributed by atoms with van der Waals surface area (Å²) in [5.74, 6) is -0.206. The number of nitrogens with zero attached hydrogens (tertiary/aromatic N) is 4. The molecule has 1 N–H and O–H groups in total. The number of hydrogen-bond donors (Lipinski definition) is 1. The van der Waals surface area contributed by atoms with Gasteiger partial charge in [0.15, 0.2) is 0 Å². The third kappa shape index (κ3) is 4.26. The van der Waals surface area contributed by atoms with Gasteiger partial charge in [0.2, 0.25) is 0 Å². The Balaban J connectivity index is 1.45. The van der Waals surface area contributed by atoms with Gasteiger partial charge in [-0.25, -0.2) is 4.98 Å². The van der Waals surface area contributed by atoms with Gasteiger partial charge in [0.25, 0.3) is 11.6 Å². The molecule has 1 fully saturated rings. The van der Waals surface area contributed by atoms with Crippen LogP contribution in [0.15, 0.2) is 53.1 Å². The molecule has 0 spiro atoms. The summed E-state index contributed by atoms with van der Waals surface area (Å²) >= 11 is 0. The zero-order valence-electron chi connectivity index (χ0n) is 20.1. The van der Waals surface area contributed by atoms with Crippen molar-refractivity contribution < 1.29 is 9.32 Å². The van der Waals surface area contributed by atoms with Crippen LogP contribution < -0.4 is 10.2 Å². The average molecular weight is 456 g/mol. The summed E-state index contributed by atoms with van der Waals surface area (Å²) in [6, 6.07) is 16.1. The van der Waals surface area contributed by atoms with E-state index in [2.05, 4.69) is 44.4 Å². The van der Waals surface area contributed by atoms with Gasteiger partial charge in [-0.3, -0.25) is 4.79 Å². The first-order valence-corrected chi connectivity index (χ1v) is 11.6. The van der Waals surface area contributed by atoms with E-state index in [4.69, 9.17) is 4.52 Å². The van der Waals surface area contributed by atoms with Gasteiger partial charge in [-0.2, -0.15) is 0 Å². The summed E-state index contributed by atoms with van der Waals surface area (Å²) in [6.07, 6.45) is 0. The number of anilines is 2. The number of amides is 1. The van der Waals surface area contributed by atoms with Gasteiger partial charge >= 0.3 is 0 Å². The van der Waals surface area contributed by atoms with Crippen molar-refractivity contribution in [3.8, 4) is 11.3 Å². The molecule has 1 aliphatic rings. The highest BCUT2D eigenvalue weighted by atomic mass is 16.5. The maximum absolute atomic E-state index is 13.5. The second-order valence-electron chi connectivity index (χ2n) is 9.11. The highest BCUT2D eigenvalue weighted by Gasteiger charge is 2.21. The van der Waals surface area contributed by atoms with Gasteiger partial charge in [0, 0.05) is 43.1 Å². The minimum absolute atomic E-state index is 0.206. The summed E-state index contributed by atoms with van der Waals surface area (Å²) in [7, 11) is 2.15. The lowest BCUT2D eigenvalue weighted by Gasteiger charge is -2.34. The Bertz CT molecular complexity index is 1350. The number of carbonyl (C=O) groups excluding carboxylic acids is 1. The smallest absolute Gasteiger partial charge is 0.259 e. The molecule has 1 amide bonds. The fraction of sp³-hybridized carbons (Fsp3) is 0.296. The normalized spacial score (nSPS) is 14.5. The third-order valence-electron chi connectivity index (χ3n) is 6.54. The Hall–Kier alpha value is -3.71. The van der Waals surface area contributed by atoms with Crippen molar-refractivity contribution in [3.05, 3.63) is 70.9 Å². The molecule has 1 saturated heterocycles. The molecular weight excluding hydrogens is 426 g/mol. The van der Waals surface area contributed by atoms with Gasteiger partial charge in [-0.1, -0.05) is 35.0 Å². The lowest BCUT2D eigenvalue weighted by atomic mass is 10.0. The van der Waals surface area contributed by atoms with Crippen molar-refractivity contribution in [1.82, 2.24) is 15.0 Å². The van der Waals surface area contributed by atoms with Crippen LogP contribution in [0, 0.1) is 20.8 Å². The molecular formula is C27H29N5O2. The molecule has 4 aromatic rings. The summed E-state index contributed by atoms with van der Waals surface area (Å²) < 4.78 is 5.44. The second kappa shape index (κ2) is 8.91. The number of carbonyl (C=O) groups is 1. The topological polar surface area (TPSA) is 74.5 Å². The van der Waals surface area contributed by atoms with Crippen molar-refractivity contribution in [3.63, 3.8) is 0 Å². The van der Waals surface area contributed by atoms with Gasteiger partial charge in [-0.15, -0.1) is 0 Å². The molecule has 5 rings (SSSR count). The fourth-order valence-corrected chi connectivity index (χ4v) is 4.39. The van der Waals surface area contributed by atoms with Crippen LogP contribution in [0.1, 0.15) is 27.2 Å². The number of rotatable bonds is 4. The molecule has 1 aliphatic heterocycles. The van der Waals surface area contributed by atoms with E-state index in [0.717, 1.165) is 48.6 Å². The van der Waals surface area contributed by atoms with Crippen molar-refractivity contribution in [2.45, 2.75) is 20.8 Å². The molecule has 7 heteroatoms. The average Bonchev–Trinajstić information content (AvgIpc) is 3.21. The standard InChI is InChI=1S/C27H29N5O2/c1-17-5-7-20(8-6-17)24-16-22(25-19(3)30-34-27(25)29-24)26(33)28-23-10-9-21(15-18(23)2)32-13-11-31(4)12-14-32/h5-10,15-16H,11-14H2,1-4H3,(H,28,33). The van der Waals surface area contributed by atoms with Crippen molar-refractivity contribution in [1.29, 1.82) is 0 Å². The number of aromatic nitrogens is 2. The molecule has 2 aromatic heterocycles. The first kappa shape index (κ1) is 22.1. The molecule has 34 heavy (non-hydrogen) atoms. The van der Waals surface area contributed by atoms with Crippen LogP contribution in [0.25, 0.3) is 22.4 Å². The van der Waals surface area contributed by atoms with E-state index < -0.39 is 0 Å². The Morgan fingerprint density at radius 1 is 0.971 bits per heavy atom. The largest absolute Gasteiger partial charge is 0.369 e. The van der Waals surface area contributed by atoms with Crippen LogP contribution in [0.5, 0.6) is 0 Å². The number of aryl methyl sites for hydroxylation is 3. The predicted octanol–water partition coefficient (Wildman–Crippen LogP) is 4.82. The van der Waals surface area contributed by atoms with Gasteiger partial charge in [0.05, 0.1) is 22.3 Å². The van der Waals surface area contributed by atoms with E-state index in [9.17, 15) is 4.79 Å². The van der Waals surface area contributed by atoms with Crippen LogP contribution in [0.3, 0.4) is 0 Å². The summed E-state index contributed by atoms with van der Waals surface area (Å²) in [6.45, 7) is 10.0. The van der Waals surface area contributed by atoms with E-state index in [1.54, 1.807) is 0 Å². The minimum atomic E-state index is -0.206. The van der Waals surface area contributed by atoms with Gasteiger partial charge < -0.3 is 19.6 Å². The van der Waals surface area contributed by atoms with Crippen LogP contribution in [-0.4, -0.2) is 54.2 Å². The van der Waals surface area contributed by atoms with Crippen LogP contribution >= 0.6 is 0 Å². The molecule has 7 nitrogen and oxygen atoms in total.